The van der Waals surface area contributed by atoms with E-state index in [1.54, 1.807) is 5.82 Å². The number of aryl methyl sites for hydroxylation is 2. The summed E-state index contributed by atoms with van der Waals surface area (Å²) in [6, 6.07) is 0. The third kappa shape index (κ3) is 23.4. The number of hydrogen-bond acceptors (Lipinski definition) is 0. The van der Waals surface area contributed by atoms with E-state index in [2.05, 4.69) is 42.3 Å². The third-order valence-corrected chi connectivity index (χ3v) is 9.35. The monoisotopic (exact) mass is 574 g/mol. The van der Waals surface area contributed by atoms with Crippen LogP contribution in [0.2, 0.25) is 0 Å². The van der Waals surface area contributed by atoms with Gasteiger partial charge < -0.3 is 0 Å². The summed E-state index contributed by atoms with van der Waals surface area (Å²) in [7, 11) is 0. The van der Waals surface area contributed by atoms with Gasteiger partial charge in [0.1, 0.15) is 12.4 Å². The van der Waals surface area contributed by atoms with Crippen LogP contribution in [0.4, 0.5) is 0 Å². The van der Waals surface area contributed by atoms with E-state index in [0.29, 0.717) is 0 Å². The molecule has 0 saturated carbocycles. The molecule has 0 amide bonds. The van der Waals surface area contributed by atoms with Crippen LogP contribution in [0, 0.1) is 0 Å². The minimum absolute atomic E-state index is 1.22. The van der Waals surface area contributed by atoms with Crippen LogP contribution in [0.15, 0.2) is 12.4 Å². The van der Waals surface area contributed by atoms with Crippen molar-refractivity contribution >= 4 is 0 Å². The second-order valence-electron chi connectivity index (χ2n) is 13.4. The molecule has 242 valence electrons. The van der Waals surface area contributed by atoms with Gasteiger partial charge in [-0.05, 0) is 32.1 Å². The Labute approximate surface area is 259 Å². The number of hydrogen-bond donors (Lipinski definition) is 0. The van der Waals surface area contributed by atoms with Gasteiger partial charge in [-0.3, -0.25) is 0 Å². The summed E-state index contributed by atoms with van der Waals surface area (Å²) in [6.07, 6.45) is 49.0. The Kier molecular flexibility index (Phi) is 28.6. The molecule has 41 heavy (non-hydrogen) atoms. The highest BCUT2D eigenvalue weighted by molar-refractivity contribution is 4.84. The van der Waals surface area contributed by atoms with Gasteiger partial charge in [-0.25, -0.2) is 9.13 Å². The summed E-state index contributed by atoms with van der Waals surface area (Å²) in [4.78, 5) is 0. The maximum absolute atomic E-state index is 2.61. The molecule has 0 spiro atoms. The molecular weight excluding hydrogens is 496 g/mol. The van der Waals surface area contributed by atoms with Crippen LogP contribution in [0.1, 0.15) is 219 Å². The molecule has 2 heteroatoms. The zero-order chi connectivity index (χ0) is 29.5. The molecule has 1 aromatic heterocycles. The first-order valence-corrected chi connectivity index (χ1v) is 19.4. The van der Waals surface area contributed by atoms with Crippen LogP contribution < -0.4 is 4.57 Å². The first-order chi connectivity index (χ1) is 20.3. The standard InChI is InChI=1S/C39H77N2/c1-4-7-10-12-14-16-18-19-20-21-22-23-24-25-27-29-31-34-39-40(35-32-9-6-3)37-38-41(39)36-33-30-28-26-17-15-13-11-8-5-2/h37-38H,4-36H2,1-3H3/q+1. The van der Waals surface area contributed by atoms with Crippen LogP contribution in [0.3, 0.4) is 0 Å². The zero-order valence-corrected chi connectivity index (χ0v) is 28.9. The Morgan fingerprint density at radius 3 is 1.17 bits per heavy atom. The van der Waals surface area contributed by atoms with Crippen molar-refractivity contribution in [1.82, 2.24) is 4.57 Å². The second-order valence-corrected chi connectivity index (χ2v) is 13.4. The molecule has 0 aromatic carbocycles. The SMILES string of the molecule is CCCCCCCCCCCCCCCCCCCc1n(CCCCCCCCCCCC)cc[n+]1CCCCC. The lowest BCUT2D eigenvalue weighted by Crippen LogP contribution is -2.37. The van der Waals surface area contributed by atoms with Crippen molar-refractivity contribution < 1.29 is 4.57 Å². The van der Waals surface area contributed by atoms with Gasteiger partial charge in [-0.15, -0.1) is 0 Å². The van der Waals surface area contributed by atoms with E-state index in [4.69, 9.17) is 0 Å². The number of rotatable bonds is 33. The molecular formula is C39H77N2+. The molecule has 1 heterocycles. The Balaban J connectivity index is 2.11. The molecule has 1 rings (SSSR count). The quantitative estimate of drug-likeness (QED) is 0.0584. The Bertz CT molecular complexity index is 634. The minimum atomic E-state index is 1.22. The molecule has 0 aliphatic heterocycles. The minimum Gasteiger partial charge on any atom is -0.234 e. The topological polar surface area (TPSA) is 8.81 Å². The predicted molar refractivity (Wildman–Crippen MR) is 184 cm³/mol. The van der Waals surface area contributed by atoms with E-state index in [0.717, 1.165) is 0 Å². The van der Waals surface area contributed by atoms with Gasteiger partial charge in [0.25, 0.3) is 5.82 Å². The Hall–Kier alpha value is -0.790. The van der Waals surface area contributed by atoms with Gasteiger partial charge >= 0.3 is 0 Å². The fraction of sp³-hybridized carbons (Fsp3) is 0.923. The highest BCUT2D eigenvalue weighted by Gasteiger charge is 2.16. The lowest BCUT2D eigenvalue weighted by atomic mass is 10.0. The first-order valence-electron chi connectivity index (χ1n) is 19.4. The summed E-state index contributed by atoms with van der Waals surface area (Å²) < 4.78 is 5.21. The van der Waals surface area contributed by atoms with Gasteiger partial charge in [0.2, 0.25) is 0 Å². The van der Waals surface area contributed by atoms with Crippen LogP contribution in [0.25, 0.3) is 0 Å². The fourth-order valence-electron chi connectivity index (χ4n) is 6.50. The van der Waals surface area contributed by atoms with Crippen molar-refractivity contribution in [3.63, 3.8) is 0 Å². The van der Waals surface area contributed by atoms with Crippen molar-refractivity contribution in [2.24, 2.45) is 0 Å². The normalized spacial score (nSPS) is 11.6. The molecule has 0 aliphatic carbocycles. The molecule has 0 radical (unpaired) electrons. The molecule has 0 N–H and O–H groups in total. The van der Waals surface area contributed by atoms with Gasteiger partial charge in [0, 0.05) is 6.42 Å². The predicted octanol–water partition coefficient (Wildman–Crippen LogP) is 13.1. The largest absolute Gasteiger partial charge is 0.256 e. The molecule has 0 bridgehead atoms. The van der Waals surface area contributed by atoms with E-state index >= 15 is 0 Å². The molecule has 0 atom stereocenters. The van der Waals surface area contributed by atoms with Crippen molar-refractivity contribution in [3.8, 4) is 0 Å². The summed E-state index contributed by atoms with van der Waals surface area (Å²) >= 11 is 0. The smallest absolute Gasteiger partial charge is 0.234 e. The molecule has 0 fully saturated rings. The maximum Gasteiger partial charge on any atom is 0.256 e. The van der Waals surface area contributed by atoms with E-state index < -0.39 is 0 Å². The number of unbranched alkanes of at least 4 members (excludes halogenated alkanes) is 27. The lowest BCUT2D eigenvalue weighted by molar-refractivity contribution is -0.704. The number of nitrogens with zero attached hydrogens (tertiary/aromatic N) is 2. The highest BCUT2D eigenvalue weighted by atomic mass is 15.1. The number of imidazole rings is 1. The zero-order valence-electron chi connectivity index (χ0n) is 28.9. The van der Waals surface area contributed by atoms with Crippen LogP contribution in [-0.4, -0.2) is 4.57 Å². The van der Waals surface area contributed by atoms with E-state index in [-0.39, 0.29) is 0 Å². The van der Waals surface area contributed by atoms with Crippen molar-refractivity contribution in [3.05, 3.63) is 18.2 Å². The van der Waals surface area contributed by atoms with Crippen LogP contribution >= 0.6 is 0 Å². The lowest BCUT2D eigenvalue weighted by Gasteiger charge is -2.07. The van der Waals surface area contributed by atoms with Crippen LogP contribution in [-0.2, 0) is 19.5 Å². The van der Waals surface area contributed by atoms with Crippen LogP contribution in [0.5, 0.6) is 0 Å². The third-order valence-electron chi connectivity index (χ3n) is 9.35. The van der Waals surface area contributed by atoms with Crippen molar-refractivity contribution in [1.29, 1.82) is 0 Å². The highest BCUT2D eigenvalue weighted by Crippen LogP contribution is 2.16. The summed E-state index contributed by atoms with van der Waals surface area (Å²) in [6.45, 7) is 9.38. The number of aromatic nitrogens is 2. The summed E-state index contributed by atoms with van der Waals surface area (Å²) in [5.74, 6) is 1.61. The van der Waals surface area contributed by atoms with Gasteiger partial charge in [0.15, 0.2) is 0 Å². The van der Waals surface area contributed by atoms with E-state index in [1.165, 1.54) is 212 Å². The van der Waals surface area contributed by atoms with Crippen molar-refractivity contribution in [2.75, 3.05) is 0 Å². The van der Waals surface area contributed by atoms with E-state index in [1.807, 2.05) is 0 Å². The second kappa shape index (κ2) is 30.7. The first kappa shape index (κ1) is 38.2. The average molecular weight is 574 g/mol. The molecule has 0 saturated heterocycles. The Morgan fingerprint density at radius 1 is 0.415 bits per heavy atom. The van der Waals surface area contributed by atoms with Gasteiger partial charge in [0.05, 0.1) is 13.1 Å². The Morgan fingerprint density at radius 2 is 0.756 bits per heavy atom. The molecule has 0 aliphatic rings. The van der Waals surface area contributed by atoms with Gasteiger partial charge in [-0.2, -0.15) is 0 Å². The van der Waals surface area contributed by atoms with Crippen molar-refractivity contribution in [2.45, 2.75) is 233 Å². The fourth-order valence-corrected chi connectivity index (χ4v) is 6.50. The summed E-state index contributed by atoms with van der Waals surface area (Å²) in [5, 5.41) is 0. The molecule has 1 aromatic rings. The molecule has 2 nitrogen and oxygen atoms in total. The average Bonchev–Trinajstić information content (AvgIpc) is 3.36. The molecule has 0 unspecified atom stereocenters. The van der Waals surface area contributed by atoms with Gasteiger partial charge in [-0.1, -0.05) is 181 Å². The summed E-state index contributed by atoms with van der Waals surface area (Å²) in [5.41, 5.74) is 0. The maximum atomic E-state index is 2.61. The van der Waals surface area contributed by atoms with E-state index in [9.17, 15) is 0 Å².